The summed E-state index contributed by atoms with van der Waals surface area (Å²) in [5.74, 6) is 1.57. The van der Waals surface area contributed by atoms with Gasteiger partial charge in [-0.05, 0) is 43.9 Å². The lowest BCUT2D eigenvalue weighted by Crippen LogP contribution is -2.08. The first kappa shape index (κ1) is 11.4. The maximum absolute atomic E-state index is 5.72. The zero-order chi connectivity index (χ0) is 11.4. The minimum absolute atomic E-state index is 0.778. The van der Waals surface area contributed by atoms with E-state index in [2.05, 4.69) is 23.3 Å². The van der Waals surface area contributed by atoms with Crippen molar-refractivity contribution >= 4 is 0 Å². The summed E-state index contributed by atoms with van der Waals surface area (Å²) >= 11 is 0. The smallest absolute Gasteiger partial charge is 0.213 e. The van der Waals surface area contributed by atoms with E-state index in [4.69, 9.17) is 4.74 Å². The van der Waals surface area contributed by atoms with Crippen LogP contribution in [-0.4, -0.2) is 18.6 Å². The van der Waals surface area contributed by atoms with Crippen molar-refractivity contribution in [3.05, 3.63) is 23.4 Å². The highest BCUT2D eigenvalue weighted by atomic mass is 16.5. The van der Waals surface area contributed by atoms with Gasteiger partial charge in [-0.3, -0.25) is 0 Å². The molecule has 3 heteroatoms. The summed E-state index contributed by atoms with van der Waals surface area (Å²) in [6.45, 7) is 3.82. The maximum atomic E-state index is 5.72. The van der Waals surface area contributed by atoms with Crippen LogP contribution >= 0.6 is 0 Å². The van der Waals surface area contributed by atoms with Gasteiger partial charge in [-0.2, -0.15) is 0 Å². The zero-order valence-electron chi connectivity index (χ0n) is 10.1. The summed E-state index contributed by atoms with van der Waals surface area (Å²) in [6.07, 6.45) is 3.59. The van der Waals surface area contributed by atoms with Crippen LogP contribution < -0.4 is 10.1 Å². The van der Waals surface area contributed by atoms with Crippen molar-refractivity contribution in [3.63, 3.8) is 0 Å². The Morgan fingerprint density at radius 2 is 2.25 bits per heavy atom. The third kappa shape index (κ3) is 3.20. The van der Waals surface area contributed by atoms with Crippen molar-refractivity contribution in [1.82, 2.24) is 10.3 Å². The molecule has 0 amide bonds. The molecule has 1 saturated carbocycles. The lowest BCUT2D eigenvalue weighted by atomic mass is 10.2. The molecule has 0 spiro atoms. The van der Waals surface area contributed by atoms with Gasteiger partial charge in [0.15, 0.2) is 0 Å². The average molecular weight is 220 g/mol. The second-order valence-electron chi connectivity index (χ2n) is 4.44. The average Bonchev–Trinajstić information content (AvgIpc) is 3.10. The molecule has 1 aromatic rings. The molecule has 1 heterocycles. The molecule has 1 N–H and O–H groups in total. The Hall–Kier alpha value is -1.09. The van der Waals surface area contributed by atoms with E-state index in [-0.39, 0.29) is 0 Å². The minimum atomic E-state index is 0.778. The summed E-state index contributed by atoms with van der Waals surface area (Å²) < 4.78 is 5.72. The Morgan fingerprint density at radius 1 is 1.44 bits per heavy atom. The van der Waals surface area contributed by atoms with E-state index in [1.165, 1.54) is 18.4 Å². The van der Waals surface area contributed by atoms with Gasteiger partial charge in [0, 0.05) is 18.3 Å². The fraction of sp³-hybridized carbons (Fsp3) is 0.615. The van der Waals surface area contributed by atoms with E-state index in [1.807, 2.05) is 13.1 Å². The first-order valence-corrected chi connectivity index (χ1v) is 6.09. The van der Waals surface area contributed by atoms with Crippen LogP contribution in [0.2, 0.25) is 0 Å². The van der Waals surface area contributed by atoms with Gasteiger partial charge in [-0.15, -0.1) is 0 Å². The van der Waals surface area contributed by atoms with Crippen molar-refractivity contribution < 1.29 is 4.74 Å². The fourth-order valence-electron chi connectivity index (χ4n) is 1.67. The molecule has 0 radical (unpaired) electrons. The molecule has 16 heavy (non-hydrogen) atoms. The largest absolute Gasteiger partial charge is 0.477 e. The first-order chi connectivity index (χ1) is 7.81. The quantitative estimate of drug-likeness (QED) is 0.797. The highest BCUT2D eigenvalue weighted by molar-refractivity contribution is 5.25. The van der Waals surface area contributed by atoms with Crippen molar-refractivity contribution in [1.29, 1.82) is 0 Å². The molecule has 0 unspecified atom stereocenters. The molecule has 1 aliphatic carbocycles. The lowest BCUT2D eigenvalue weighted by molar-refractivity contribution is 0.287. The van der Waals surface area contributed by atoms with Gasteiger partial charge in [0.25, 0.3) is 0 Å². The van der Waals surface area contributed by atoms with Gasteiger partial charge in [0.05, 0.1) is 6.61 Å². The van der Waals surface area contributed by atoms with Gasteiger partial charge in [-0.1, -0.05) is 6.92 Å². The van der Waals surface area contributed by atoms with Crippen LogP contribution in [0, 0.1) is 5.92 Å². The molecule has 2 rings (SSSR count). The Bertz CT molecular complexity index is 348. The molecule has 0 aromatic carbocycles. The summed E-state index contributed by atoms with van der Waals surface area (Å²) in [6, 6.07) is 4.18. The van der Waals surface area contributed by atoms with Gasteiger partial charge < -0.3 is 10.1 Å². The molecule has 0 atom stereocenters. The van der Waals surface area contributed by atoms with Gasteiger partial charge >= 0.3 is 0 Å². The summed E-state index contributed by atoms with van der Waals surface area (Å²) in [5, 5.41) is 3.16. The maximum Gasteiger partial charge on any atom is 0.213 e. The number of ether oxygens (including phenoxy) is 1. The number of hydrogen-bond acceptors (Lipinski definition) is 3. The third-order valence-electron chi connectivity index (χ3n) is 2.82. The van der Waals surface area contributed by atoms with Gasteiger partial charge in [0.1, 0.15) is 0 Å². The first-order valence-electron chi connectivity index (χ1n) is 6.09. The van der Waals surface area contributed by atoms with E-state index >= 15 is 0 Å². The Balaban J connectivity index is 2.04. The second kappa shape index (κ2) is 5.30. The molecule has 0 saturated heterocycles. The number of hydrogen-bond donors (Lipinski definition) is 1. The second-order valence-corrected chi connectivity index (χ2v) is 4.44. The van der Waals surface area contributed by atoms with Gasteiger partial charge in [0.2, 0.25) is 5.88 Å². The normalized spacial score (nSPS) is 15.1. The molecule has 0 aliphatic heterocycles. The minimum Gasteiger partial charge on any atom is -0.477 e. The van der Waals surface area contributed by atoms with Gasteiger partial charge in [-0.25, -0.2) is 4.98 Å². The van der Waals surface area contributed by atoms with Crippen LogP contribution in [0.15, 0.2) is 12.1 Å². The lowest BCUT2D eigenvalue weighted by Gasteiger charge is -2.09. The zero-order valence-corrected chi connectivity index (χ0v) is 10.1. The molecule has 3 nitrogen and oxygen atoms in total. The molecule has 1 aliphatic rings. The highest BCUT2D eigenvalue weighted by Crippen LogP contribution is 2.29. The summed E-state index contributed by atoms with van der Waals surface area (Å²) in [5.41, 5.74) is 2.36. The topological polar surface area (TPSA) is 34.1 Å². The van der Waals surface area contributed by atoms with Crippen LogP contribution in [0.1, 0.15) is 31.0 Å². The number of pyridine rings is 1. The van der Waals surface area contributed by atoms with Crippen molar-refractivity contribution in [2.45, 2.75) is 32.7 Å². The SMILES string of the molecule is CCc1cc(CNC)cc(OCC2CC2)n1. The van der Waals surface area contributed by atoms with E-state index in [9.17, 15) is 0 Å². The van der Waals surface area contributed by atoms with E-state index in [0.29, 0.717) is 0 Å². The fourth-order valence-corrected chi connectivity index (χ4v) is 1.67. The number of nitrogens with one attached hydrogen (secondary N) is 1. The van der Waals surface area contributed by atoms with Crippen LogP contribution in [-0.2, 0) is 13.0 Å². The predicted molar refractivity (Wildman–Crippen MR) is 64.6 cm³/mol. The molecular formula is C13H20N2O. The number of aromatic nitrogens is 1. The number of aryl methyl sites for hydroxylation is 1. The summed E-state index contributed by atoms with van der Waals surface area (Å²) in [7, 11) is 1.96. The molecule has 1 aromatic heterocycles. The Kier molecular flexibility index (Phi) is 3.78. The molecule has 0 bridgehead atoms. The van der Waals surface area contributed by atoms with Crippen LogP contribution in [0.25, 0.3) is 0 Å². The van der Waals surface area contributed by atoms with E-state index < -0.39 is 0 Å². The van der Waals surface area contributed by atoms with E-state index in [1.54, 1.807) is 0 Å². The number of rotatable bonds is 6. The number of nitrogens with zero attached hydrogens (tertiary/aromatic N) is 1. The highest BCUT2D eigenvalue weighted by Gasteiger charge is 2.22. The van der Waals surface area contributed by atoms with E-state index in [0.717, 1.165) is 37.1 Å². The molecular weight excluding hydrogens is 200 g/mol. The van der Waals surface area contributed by atoms with Crippen molar-refractivity contribution in [2.75, 3.05) is 13.7 Å². The van der Waals surface area contributed by atoms with Crippen LogP contribution in [0.3, 0.4) is 0 Å². The van der Waals surface area contributed by atoms with Crippen molar-refractivity contribution in [2.24, 2.45) is 5.92 Å². The monoisotopic (exact) mass is 220 g/mol. The van der Waals surface area contributed by atoms with Crippen LogP contribution in [0.4, 0.5) is 0 Å². The third-order valence-corrected chi connectivity index (χ3v) is 2.82. The summed E-state index contributed by atoms with van der Waals surface area (Å²) in [4.78, 5) is 4.48. The Morgan fingerprint density at radius 3 is 2.88 bits per heavy atom. The predicted octanol–water partition coefficient (Wildman–Crippen LogP) is 2.15. The molecule has 88 valence electrons. The van der Waals surface area contributed by atoms with Crippen molar-refractivity contribution in [3.8, 4) is 5.88 Å². The molecule has 1 fully saturated rings. The standard InChI is InChI=1S/C13H20N2O/c1-3-12-6-11(8-14-2)7-13(15-12)16-9-10-4-5-10/h6-7,10,14H,3-5,8-9H2,1-2H3. The van der Waals surface area contributed by atoms with Crippen LogP contribution in [0.5, 0.6) is 5.88 Å². The Labute approximate surface area is 97.2 Å².